The topological polar surface area (TPSA) is 52.7 Å². The van der Waals surface area contributed by atoms with Gasteiger partial charge in [-0.25, -0.2) is 0 Å². The van der Waals surface area contributed by atoms with E-state index in [1.807, 2.05) is 7.05 Å². The molecule has 2 rings (SSSR count). The molecule has 1 aromatic rings. The van der Waals surface area contributed by atoms with Gasteiger partial charge in [0.05, 0.1) is 5.56 Å². The number of nitrogens with one attached hydrogen (secondary N) is 1. The molecular formula is C17H22F3N3O2. The number of halogens is 3. The van der Waals surface area contributed by atoms with E-state index in [0.29, 0.717) is 32.6 Å². The summed E-state index contributed by atoms with van der Waals surface area (Å²) in [6.45, 7) is 2.23. The first-order valence-electron chi connectivity index (χ1n) is 8.22. The van der Waals surface area contributed by atoms with Crippen LogP contribution in [0.5, 0.6) is 0 Å². The molecule has 2 amide bonds. The molecule has 1 saturated heterocycles. The lowest BCUT2D eigenvalue weighted by molar-refractivity contribution is -0.137. The van der Waals surface area contributed by atoms with Crippen LogP contribution in [-0.2, 0) is 11.0 Å². The molecule has 1 aromatic carbocycles. The van der Waals surface area contributed by atoms with Gasteiger partial charge in [-0.2, -0.15) is 13.2 Å². The summed E-state index contributed by atoms with van der Waals surface area (Å²) in [4.78, 5) is 27.7. The van der Waals surface area contributed by atoms with Gasteiger partial charge in [-0.05, 0) is 38.2 Å². The molecule has 1 aliphatic rings. The van der Waals surface area contributed by atoms with Gasteiger partial charge >= 0.3 is 6.18 Å². The molecule has 8 heteroatoms. The van der Waals surface area contributed by atoms with Gasteiger partial charge in [0.2, 0.25) is 5.91 Å². The van der Waals surface area contributed by atoms with Crippen molar-refractivity contribution in [3.8, 4) is 0 Å². The third-order valence-corrected chi connectivity index (χ3v) is 4.17. The van der Waals surface area contributed by atoms with E-state index in [-0.39, 0.29) is 11.5 Å². The van der Waals surface area contributed by atoms with Gasteiger partial charge in [-0.15, -0.1) is 0 Å². The third kappa shape index (κ3) is 5.19. The van der Waals surface area contributed by atoms with Crippen LogP contribution in [0.2, 0.25) is 0 Å². The standard InChI is InChI=1S/C17H22F3N3O2/c1-21-7-3-6-15(24)22-8-10-23(11-9-22)16(25)13-4-2-5-14(12-13)17(18,19)20/h2,4-5,12,21H,3,6-11H2,1H3. The second-order valence-electron chi connectivity index (χ2n) is 5.96. The Balaban J connectivity index is 1.92. The van der Waals surface area contributed by atoms with Crippen LogP contribution in [-0.4, -0.2) is 61.4 Å². The SMILES string of the molecule is CNCCCC(=O)N1CCN(C(=O)c2cccc(C(F)(F)F)c2)CC1. The highest BCUT2D eigenvalue weighted by Gasteiger charge is 2.32. The summed E-state index contributed by atoms with van der Waals surface area (Å²) in [6.07, 6.45) is -3.28. The third-order valence-electron chi connectivity index (χ3n) is 4.17. The Morgan fingerprint density at radius 3 is 2.36 bits per heavy atom. The van der Waals surface area contributed by atoms with Crippen LogP contribution < -0.4 is 5.32 Å². The number of nitrogens with zero attached hydrogens (tertiary/aromatic N) is 2. The summed E-state index contributed by atoms with van der Waals surface area (Å²) >= 11 is 0. The molecule has 1 fully saturated rings. The van der Waals surface area contributed by atoms with Crippen molar-refractivity contribution in [2.24, 2.45) is 0 Å². The number of piperazine rings is 1. The normalized spacial score (nSPS) is 15.4. The largest absolute Gasteiger partial charge is 0.416 e. The van der Waals surface area contributed by atoms with Gasteiger partial charge in [-0.1, -0.05) is 6.07 Å². The lowest BCUT2D eigenvalue weighted by Crippen LogP contribution is -2.50. The molecule has 0 unspecified atom stereocenters. The number of amides is 2. The summed E-state index contributed by atoms with van der Waals surface area (Å²) in [5.74, 6) is -0.394. The van der Waals surface area contributed by atoms with E-state index in [1.54, 1.807) is 4.90 Å². The maximum atomic E-state index is 12.8. The number of hydrogen-bond donors (Lipinski definition) is 1. The maximum absolute atomic E-state index is 12.8. The van der Waals surface area contributed by atoms with Crippen LogP contribution in [0.15, 0.2) is 24.3 Å². The van der Waals surface area contributed by atoms with Crippen LogP contribution >= 0.6 is 0 Å². The summed E-state index contributed by atoms with van der Waals surface area (Å²) in [6, 6.07) is 4.43. The molecule has 0 radical (unpaired) electrons. The Morgan fingerprint density at radius 1 is 1.12 bits per heavy atom. The van der Waals surface area contributed by atoms with Crippen molar-refractivity contribution in [3.63, 3.8) is 0 Å². The molecule has 1 aliphatic heterocycles. The van der Waals surface area contributed by atoms with Gasteiger partial charge in [0.1, 0.15) is 0 Å². The quantitative estimate of drug-likeness (QED) is 0.820. The second kappa shape index (κ2) is 8.33. The Labute approximate surface area is 144 Å². The molecule has 5 nitrogen and oxygen atoms in total. The molecule has 0 aliphatic carbocycles. The van der Waals surface area contributed by atoms with Gasteiger partial charge in [-0.3, -0.25) is 9.59 Å². The first kappa shape index (κ1) is 19.2. The van der Waals surface area contributed by atoms with E-state index in [4.69, 9.17) is 0 Å². The first-order valence-corrected chi connectivity index (χ1v) is 8.22. The summed E-state index contributed by atoms with van der Waals surface area (Å²) in [7, 11) is 1.82. The van der Waals surface area contributed by atoms with Crippen LogP contribution in [0.3, 0.4) is 0 Å². The molecule has 0 atom stereocenters. The fourth-order valence-corrected chi connectivity index (χ4v) is 2.74. The number of alkyl halides is 3. The Kier molecular flexibility index (Phi) is 6.41. The fraction of sp³-hybridized carbons (Fsp3) is 0.529. The molecular weight excluding hydrogens is 335 g/mol. The summed E-state index contributed by atoms with van der Waals surface area (Å²) < 4.78 is 38.3. The maximum Gasteiger partial charge on any atom is 0.416 e. The molecule has 0 bridgehead atoms. The summed E-state index contributed by atoms with van der Waals surface area (Å²) in [5, 5.41) is 2.98. The van der Waals surface area contributed by atoms with Crippen molar-refractivity contribution in [2.75, 3.05) is 39.8 Å². The van der Waals surface area contributed by atoms with E-state index in [9.17, 15) is 22.8 Å². The van der Waals surface area contributed by atoms with Crippen LogP contribution in [0.25, 0.3) is 0 Å². The van der Waals surface area contributed by atoms with Gasteiger partial charge in [0.25, 0.3) is 5.91 Å². The zero-order valence-corrected chi connectivity index (χ0v) is 14.1. The fourth-order valence-electron chi connectivity index (χ4n) is 2.74. The molecule has 0 aromatic heterocycles. The minimum atomic E-state index is -4.48. The Bertz CT molecular complexity index is 611. The Morgan fingerprint density at radius 2 is 1.76 bits per heavy atom. The van der Waals surface area contributed by atoms with Crippen molar-refractivity contribution in [1.29, 1.82) is 0 Å². The van der Waals surface area contributed by atoms with Crippen molar-refractivity contribution in [3.05, 3.63) is 35.4 Å². The minimum Gasteiger partial charge on any atom is -0.339 e. The number of benzene rings is 1. The zero-order chi connectivity index (χ0) is 18.4. The molecule has 1 heterocycles. The van der Waals surface area contributed by atoms with Gasteiger partial charge in [0.15, 0.2) is 0 Å². The van der Waals surface area contributed by atoms with Crippen LogP contribution in [0.1, 0.15) is 28.8 Å². The van der Waals surface area contributed by atoms with E-state index in [2.05, 4.69) is 5.32 Å². The zero-order valence-electron chi connectivity index (χ0n) is 14.1. The molecule has 1 N–H and O–H groups in total. The smallest absolute Gasteiger partial charge is 0.339 e. The van der Waals surface area contributed by atoms with Gasteiger partial charge in [0, 0.05) is 38.2 Å². The lowest BCUT2D eigenvalue weighted by atomic mass is 10.1. The molecule has 0 saturated carbocycles. The van der Waals surface area contributed by atoms with E-state index in [0.717, 1.165) is 25.1 Å². The average Bonchev–Trinajstić information content (AvgIpc) is 2.61. The molecule has 25 heavy (non-hydrogen) atoms. The van der Waals surface area contributed by atoms with E-state index < -0.39 is 17.6 Å². The van der Waals surface area contributed by atoms with E-state index >= 15 is 0 Å². The summed E-state index contributed by atoms with van der Waals surface area (Å²) in [5.41, 5.74) is -0.819. The molecule has 0 spiro atoms. The number of hydrogen-bond acceptors (Lipinski definition) is 3. The predicted molar refractivity (Wildman–Crippen MR) is 87.1 cm³/mol. The van der Waals surface area contributed by atoms with Crippen molar-refractivity contribution >= 4 is 11.8 Å². The van der Waals surface area contributed by atoms with Crippen molar-refractivity contribution in [1.82, 2.24) is 15.1 Å². The average molecular weight is 357 g/mol. The van der Waals surface area contributed by atoms with Crippen molar-refractivity contribution < 1.29 is 22.8 Å². The highest BCUT2D eigenvalue weighted by atomic mass is 19.4. The van der Waals surface area contributed by atoms with Crippen LogP contribution in [0, 0.1) is 0 Å². The van der Waals surface area contributed by atoms with Crippen LogP contribution in [0.4, 0.5) is 13.2 Å². The molecule has 138 valence electrons. The highest BCUT2D eigenvalue weighted by Crippen LogP contribution is 2.29. The monoisotopic (exact) mass is 357 g/mol. The first-order chi connectivity index (χ1) is 11.8. The number of rotatable bonds is 5. The van der Waals surface area contributed by atoms with E-state index in [1.165, 1.54) is 17.0 Å². The number of carbonyl (C=O) groups excluding carboxylic acids is 2. The Hall–Kier alpha value is -2.09. The minimum absolute atomic E-state index is 0.0172. The lowest BCUT2D eigenvalue weighted by Gasteiger charge is -2.35. The predicted octanol–water partition coefficient (Wildman–Crippen LogP) is 1.99. The van der Waals surface area contributed by atoms with Gasteiger partial charge < -0.3 is 15.1 Å². The second-order valence-corrected chi connectivity index (χ2v) is 5.96. The van der Waals surface area contributed by atoms with Crippen molar-refractivity contribution in [2.45, 2.75) is 19.0 Å². The highest BCUT2D eigenvalue weighted by molar-refractivity contribution is 5.94. The number of carbonyl (C=O) groups is 2.